The number of carbonyl (C=O) groups is 1. The molecule has 14 heavy (non-hydrogen) atoms. The Bertz CT molecular complexity index is 161. The highest BCUT2D eigenvalue weighted by Gasteiger charge is 2.09. The van der Waals surface area contributed by atoms with Crippen molar-refractivity contribution in [2.75, 3.05) is 20.3 Å². The molecule has 0 aromatic carbocycles. The Balaban J connectivity index is 3.53. The molecule has 1 amide bonds. The van der Waals surface area contributed by atoms with Gasteiger partial charge in [-0.05, 0) is 5.92 Å². The maximum Gasteiger partial charge on any atom is 0.220 e. The molecule has 0 saturated carbocycles. The molecule has 0 radical (unpaired) electrons. The third kappa shape index (κ3) is 6.86. The summed E-state index contributed by atoms with van der Waals surface area (Å²) < 4.78 is 4.74. The Morgan fingerprint density at radius 3 is 2.71 bits per heavy atom. The minimum Gasteiger partial charge on any atom is -0.389 e. The van der Waals surface area contributed by atoms with Crippen molar-refractivity contribution in [2.24, 2.45) is 5.92 Å². The first-order valence-electron chi connectivity index (χ1n) is 5.03. The van der Waals surface area contributed by atoms with Crippen LogP contribution >= 0.6 is 0 Å². The topological polar surface area (TPSA) is 58.6 Å². The number of hydrogen-bond donors (Lipinski definition) is 2. The quantitative estimate of drug-likeness (QED) is 0.635. The number of ether oxygens (including phenoxy) is 1. The van der Waals surface area contributed by atoms with Crippen molar-refractivity contribution < 1.29 is 14.6 Å². The van der Waals surface area contributed by atoms with Crippen LogP contribution < -0.4 is 5.32 Å². The first-order chi connectivity index (χ1) is 6.60. The van der Waals surface area contributed by atoms with Crippen LogP contribution in [0.1, 0.15) is 26.7 Å². The van der Waals surface area contributed by atoms with Gasteiger partial charge in [0.15, 0.2) is 0 Å². The van der Waals surface area contributed by atoms with E-state index in [4.69, 9.17) is 4.74 Å². The number of amides is 1. The predicted octanol–water partition coefficient (Wildman–Crippen LogP) is 0.546. The largest absolute Gasteiger partial charge is 0.389 e. The van der Waals surface area contributed by atoms with E-state index in [-0.39, 0.29) is 19.1 Å². The normalized spacial score (nSPS) is 14.9. The minimum atomic E-state index is -0.610. The molecule has 4 nitrogen and oxygen atoms in total. The van der Waals surface area contributed by atoms with E-state index in [1.54, 1.807) is 0 Å². The Hall–Kier alpha value is -0.610. The molecule has 0 fully saturated rings. The molecule has 0 aromatic heterocycles. The zero-order chi connectivity index (χ0) is 11.0. The van der Waals surface area contributed by atoms with E-state index < -0.39 is 6.10 Å². The first-order valence-corrected chi connectivity index (χ1v) is 5.03. The maximum atomic E-state index is 11.3. The van der Waals surface area contributed by atoms with Crippen LogP contribution in [0.15, 0.2) is 0 Å². The SMILES string of the molecule is CCC(C)CC(=O)NCC(O)COC. The molecule has 0 heterocycles. The number of hydrogen-bond acceptors (Lipinski definition) is 3. The van der Waals surface area contributed by atoms with E-state index in [2.05, 4.69) is 12.2 Å². The summed E-state index contributed by atoms with van der Waals surface area (Å²) in [5.74, 6) is 0.393. The molecule has 2 atom stereocenters. The molecule has 0 bridgehead atoms. The highest BCUT2D eigenvalue weighted by molar-refractivity contribution is 5.76. The Morgan fingerprint density at radius 2 is 2.21 bits per heavy atom. The Morgan fingerprint density at radius 1 is 1.57 bits per heavy atom. The highest BCUT2D eigenvalue weighted by atomic mass is 16.5. The fraction of sp³-hybridized carbons (Fsp3) is 0.900. The molecular formula is C10H21NO3. The van der Waals surface area contributed by atoms with Crippen molar-refractivity contribution in [3.63, 3.8) is 0 Å². The molecule has 0 aliphatic rings. The van der Waals surface area contributed by atoms with E-state index in [0.29, 0.717) is 12.3 Å². The van der Waals surface area contributed by atoms with Crippen molar-refractivity contribution in [3.05, 3.63) is 0 Å². The van der Waals surface area contributed by atoms with Gasteiger partial charge in [-0.1, -0.05) is 20.3 Å². The van der Waals surface area contributed by atoms with Crippen LogP contribution in [0.5, 0.6) is 0 Å². The first kappa shape index (κ1) is 13.4. The number of methoxy groups -OCH3 is 1. The summed E-state index contributed by atoms with van der Waals surface area (Å²) >= 11 is 0. The summed E-state index contributed by atoms with van der Waals surface area (Å²) in [6, 6.07) is 0. The summed E-state index contributed by atoms with van der Waals surface area (Å²) in [7, 11) is 1.52. The number of carbonyl (C=O) groups excluding carboxylic acids is 1. The van der Waals surface area contributed by atoms with Gasteiger partial charge in [-0.15, -0.1) is 0 Å². The van der Waals surface area contributed by atoms with Gasteiger partial charge in [0.05, 0.1) is 12.7 Å². The van der Waals surface area contributed by atoms with E-state index in [0.717, 1.165) is 6.42 Å². The van der Waals surface area contributed by atoms with Crippen molar-refractivity contribution in [2.45, 2.75) is 32.8 Å². The molecule has 0 rings (SSSR count). The van der Waals surface area contributed by atoms with Crippen LogP contribution in [0.25, 0.3) is 0 Å². The van der Waals surface area contributed by atoms with Crippen molar-refractivity contribution in [1.82, 2.24) is 5.32 Å². The van der Waals surface area contributed by atoms with Gasteiger partial charge >= 0.3 is 0 Å². The number of nitrogens with one attached hydrogen (secondary N) is 1. The molecule has 4 heteroatoms. The van der Waals surface area contributed by atoms with E-state index in [1.165, 1.54) is 7.11 Å². The number of rotatable bonds is 7. The fourth-order valence-electron chi connectivity index (χ4n) is 1.02. The molecule has 0 spiro atoms. The summed E-state index contributed by atoms with van der Waals surface area (Å²) in [6.45, 7) is 4.61. The standard InChI is InChI=1S/C10H21NO3/c1-4-8(2)5-10(13)11-6-9(12)7-14-3/h8-9,12H,4-7H2,1-3H3,(H,11,13). The summed E-state index contributed by atoms with van der Waals surface area (Å²) in [5.41, 5.74) is 0. The summed E-state index contributed by atoms with van der Waals surface area (Å²) in [4.78, 5) is 11.3. The van der Waals surface area contributed by atoms with E-state index in [1.807, 2.05) is 6.92 Å². The smallest absolute Gasteiger partial charge is 0.220 e. The van der Waals surface area contributed by atoms with Crippen LogP contribution in [0.4, 0.5) is 0 Å². The van der Waals surface area contributed by atoms with Gasteiger partial charge in [-0.3, -0.25) is 4.79 Å². The van der Waals surface area contributed by atoms with Gasteiger partial charge in [-0.2, -0.15) is 0 Å². The van der Waals surface area contributed by atoms with Crippen LogP contribution in [-0.2, 0) is 9.53 Å². The molecular weight excluding hydrogens is 182 g/mol. The van der Waals surface area contributed by atoms with E-state index >= 15 is 0 Å². The lowest BCUT2D eigenvalue weighted by Crippen LogP contribution is -2.34. The average molecular weight is 203 g/mol. The Labute approximate surface area is 85.6 Å². The molecule has 0 aliphatic heterocycles. The lowest BCUT2D eigenvalue weighted by Gasteiger charge is -2.12. The van der Waals surface area contributed by atoms with Crippen molar-refractivity contribution in [1.29, 1.82) is 0 Å². The third-order valence-electron chi connectivity index (χ3n) is 2.12. The van der Waals surface area contributed by atoms with Crippen LogP contribution in [-0.4, -0.2) is 37.4 Å². The van der Waals surface area contributed by atoms with E-state index in [9.17, 15) is 9.90 Å². The second-order valence-corrected chi connectivity index (χ2v) is 3.63. The van der Waals surface area contributed by atoms with Gasteiger partial charge in [0, 0.05) is 20.1 Å². The molecule has 0 aromatic rings. The van der Waals surface area contributed by atoms with Gasteiger partial charge < -0.3 is 15.2 Å². The molecule has 0 aliphatic carbocycles. The highest BCUT2D eigenvalue weighted by Crippen LogP contribution is 2.05. The molecule has 2 unspecified atom stereocenters. The van der Waals surface area contributed by atoms with Crippen LogP contribution in [0.3, 0.4) is 0 Å². The zero-order valence-electron chi connectivity index (χ0n) is 9.25. The molecule has 84 valence electrons. The number of aliphatic hydroxyl groups is 1. The lowest BCUT2D eigenvalue weighted by molar-refractivity contribution is -0.122. The van der Waals surface area contributed by atoms with Gasteiger partial charge in [0.2, 0.25) is 5.91 Å². The van der Waals surface area contributed by atoms with Crippen LogP contribution in [0.2, 0.25) is 0 Å². The fourth-order valence-corrected chi connectivity index (χ4v) is 1.02. The predicted molar refractivity (Wildman–Crippen MR) is 55.0 cm³/mol. The van der Waals surface area contributed by atoms with Crippen LogP contribution in [0, 0.1) is 5.92 Å². The summed E-state index contributed by atoms with van der Waals surface area (Å²) in [6.07, 6.45) is 0.908. The monoisotopic (exact) mass is 203 g/mol. The van der Waals surface area contributed by atoms with Crippen molar-refractivity contribution in [3.8, 4) is 0 Å². The number of aliphatic hydroxyl groups excluding tert-OH is 1. The molecule has 0 saturated heterocycles. The second-order valence-electron chi connectivity index (χ2n) is 3.63. The minimum absolute atomic E-state index is 0.00509. The zero-order valence-corrected chi connectivity index (χ0v) is 9.25. The lowest BCUT2D eigenvalue weighted by atomic mass is 10.1. The van der Waals surface area contributed by atoms with Gasteiger partial charge in [-0.25, -0.2) is 0 Å². The molecule has 2 N–H and O–H groups in total. The second kappa shape index (κ2) is 7.76. The Kier molecular flexibility index (Phi) is 7.42. The maximum absolute atomic E-state index is 11.3. The average Bonchev–Trinajstić information content (AvgIpc) is 2.15. The van der Waals surface area contributed by atoms with Crippen molar-refractivity contribution >= 4 is 5.91 Å². The summed E-state index contributed by atoms with van der Waals surface area (Å²) in [5, 5.41) is 11.9. The van der Waals surface area contributed by atoms with Gasteiger partial charge in [0.1, 0.15) is 0 Å². The third-order valence-corrected chi connectivity index (χ3v) is 2.12. The van der Waals surface area contributed by atoms with Gasteiger partial charge in [0.25, 0.3) is 0 Å².